The summed E-state index contributed by atoms with van der Waals surface area (Å²) in [7, 11) is 1.31. The molecule has 1 N–H and O–H groups in total. The Balaban J connectivity index is 1.49. The first-order valence-corrected chi connectivity index (χ1v) is 11.3. The number of Topliss-reactive ketones (excluding diaryl/α,β-unsaturated/α-hetero) is 1. The second kappa shape index (κ2) is 9.18. The molecule has 0 bridgehead atoms. The largest absolute Gasteiger partial charge is 0.506 e. The molecule has 0 radical (unpaired) electrons. The average Bonchev–Trinajstić information content (AvgIpc) is 2.90. The fourth-order valence-electron chi connectivity index (χ4n) is 4.50. The summed E-state index contributed by atoms with van der Waals surface area (Å²) < 4.78 is 4.69. The minimum Gasteiger partial charge on any atom is -0.506 e. The molecule has 0 saturated heterocycles. The number of esters is 1. The molecule has 0 amide bonds. The van der Waals surface area contributed by atoms with Gasteiger partial charge >= 0.3 is 5.97 Å². The van der Waals surface area contributed by atoms with E-state index in [2.05, 4.69) is 15.0 Å². The Morgan fingerprint density at radius 1 is 0.917 bits per heavy atom. The van der Waals surface area contributed by atoms with Crippen molar-refractivity contribution in [2.24, 2.45) is 10.2 Å². The molecule has 0 spiro atoms. The van der Waals surface area contributed by atoms with Crippen LogP contribution in [0.25, 0.3) is 0 Å². The molecule has 0 fully saturated rings. The first kappa shape index (κ1) is 23.1. The predicted molar refractivity (Wildman–Crippen MR) is 130 cm³/mol. The van der Waals surface area contributed by atoms with Gasteiger partial charge in [-0.15, -0.1) is 10.2 Å². The summed E-state index contributed by atoms with van der Waals surface area (Å²) in [5.74, 6) is -1.31. The molecular weight excluding hydrogens is 462 g/mol. The molecule has 36 heavy (non-hydrogen) atoms. The number of azo groups is 1. The van der Waals surface area contributed by atoms with Crippen LogP contribution in [-0.2, 0) is 9.53 Å². The van der Waals surface area contributed by atoms with E-state index in [4.69, 9.17) is 0 Å². The number of carbonyl (C=O) groups is 4. The van der Waals surface area contributed by atoms with Crippen LogP contribution in [0.4, 0.5) is 17.1 Å². The lowest BCUT2D eigenvalue weighted by atomic mass is 9.83. The van der Waals surface area contributed by atoms with E-state index in [1.807, 2.05) is 4.90 Å². The molecule has 9 heteroatoms. The van der Waals surface area contributed by atoms with E-state index in [1.54, 1.807) is 42.5 Å². The zero-order valence-corrected chi connectivity index (χ0v) is 19.4. The van der Waals surface area contributed by atoms with Gasteiger partial charge in [-0.25, -0.2) is 0 Å². The topological polar surface area (TPSA) is 126 Å². The number of hydrogen-bond donors (Lipinski definition) is 1. The van der Waals surface area contributed by atoms with Crippen molar-refractivity contribution in [3.63, 3.8) is 0 Å². The first-order chi connectivity index (χ1) is 17.4. The van der Waals surface area contributed by atoms with Crippen LogP contribution in [0.1, 0.15) is 55.0 Å². The molecule has 5 rings (SSSR count). The van der Waals surface area contributed by atoms with Crippen molar-refractivity contribution in [3.05, 3.63) is 82.4 Å². The van der Waals surface area contributed by atoms with Crippen LogP contribution in [0.5, 0.6) is 5.75 Å². The standard InChI is InChI=1S/C27H21N3O6/c1-36-24(33)10-12-30-11-9-22(31)18-13-20(23(32)14-21(18)30)29-28-19-8-4-7-17-25(19)27(35)16-6-3-2-5-15(16)26(17)34/h2-8,13-14,32H,9-12H2,1H3/b29-28+. The third kappa shape index (κ3) is 3.94. The molecule has 3 aromatic rings. The number of anilines is 1. The number of fused-ring (bicyclic) bond motifs is 3. The number of nitrogens with zero attached hydrogens (tertiary/aromatic N) is 3. The maximum absolute atomic E-state index is 13.2. The molecule has 180 valence electrons. The smallest absolute Gasteiger partial charge is 0.307 e. The van der Waals surface area contributed by atoms with Crippen LogP contribution in [0.2, 0.25) is 0 Å². The van der Waals surface area contributed by atoms with Crippen molar-refractivity contribution in [2.45, 2.75) is 12.8 Å². The lowest BCUT2D eigenvalue weighted by Crippen LogP contribution is -2.33. The highest BCUT2D eigenvalue weighted by molar-refractivity contribution is 6.29. The lowest BCUT2D eigenvalue weighted by molar-refractivity contribution is -0.140. The number of rotatable bonds is 5. The number of ketones is 3. The number of benzene rings is 3. The molecule has 0 aromatic heterocycles. The number of aromatic hydroxyl groups is 1. The molecular formula is C27H21N3O6. The van der Waals surface area contributed by atoms with Crippen LogP contribution < -0.4 is 4.90 Å². The fourth-order valence-corrected chi connectivity index (χ4v) is 4.50. The van der Waals surface area contributed by atoms with Gasteiger partial charge in [-0.2, -0.15) is 0 Å². The van der Waals surface area contributed by atoms with Gasteiger partial charge in [-0.1, -0.05) is 36.4 Å². The van der Waals surface area contributed by atoms with Gasteiger partial charge in [-0.3, -0.25) is 19.2 Å². The Labute approximate surface area is 206 Å². The molecule has 1 heterocycles. The van der Waals surface area contributed by atoms with Gasteiger partial charge < -0.3 is 14.7 Å². The summed E-state index contributed by atoms with van der Waals surface area (Å²) in [6.45, 7) is 0.748. The van der Waals surface area contributed by atoms with E-state index in [0.717, 1.165) is 0 Å². The number of methoxy groups -OCH3 is 1. The van der Waals surface area contributed by atoms with Crippen LogP contribution in [0.3, 0.4) is 0 Å². The quantitative estimate of drug-likeness (QED) is 0.326. The Bertz CT molecular complexity index is 1480. The zero-order chi connectivity index (χ0) is 25.4. The number of hydrogen-bond acceptors (Lipinski definition) is 9. The van der Waals surface area contributed by atoms with E-state index in [-0.39, 0.29) is 64.4 Å². The molecule has 9 nitrogen and oxygen atoms in total. The first-order valence-electron chi connectivity index (χ1n) is 11.3. The minimum atomic E-state index is -0.370. The Morgan fingerprint density at radius 2 is 1.61 bits per heavy atom. The second-order valence-corrected chi connectivity index (χ2v) is 8.45. The zero-order valence-electron chi connectivity index (χ0n) is 19.4. The summed E-state index contributed by atoms with van der Waals surface area (Å²) in [5, 5.41) is 18.9. The van der Waals surface area contributed by atoms with Crippen LogP contribution in [-0.4, -0.2) is 48.6 Å². The van der Waals surface area contributed by atoms with Crippen LogP contribution in [0, 0.1) is 0 Å². The van der Waals surface area contributed by atoms with Crippen molar-refractivity contribution >= 4 is 40.4 Å². The average molecular weight is 483 g/mol. The maximum Gasteiger partial charge on any atom is 0.307 e. The van der Waals surface area contributed by atoms with Gasteiger partial charge in [0, 0.05) is 47.8 Å². The molecule has 1 aliphatic carbocycles. The monoisotopic (exact) mass is 483 g/mol. The van der Waals surface area contributed by atoms with Crippen molar-refractivity contribution in [1.82, 2.24) is 0 Å². The van der Waals surface area contributed by atoms with Crippen molar-refractivity contribution in [1.29, 1.82) is 0 Å². The highest BCUT2D eigenvalue weighted by Crippen LogP contribution is 2.39. The third-order valence-electron chi connectivity index (χ3n) is 6.35. The molecule has 1 aliphatic heterocycles. The normalized spacial score (nSPS) is 14.5. The predicted octanol–water partition coefficient (Wildman–Crippen LogP) is 4.54. The van der Waals surface area contributed by atoms with Gasteiger partial charge in [0.15, 0.2) is 17.3 Å². The number of carbonyl (C=O) groups excluding carboxylic acids is 4. The SMILES string of the molecule is COC(=O)CCN1CCC(=O)c2cc(/N=N/c3cccc4c3C(=O)c3ccccc3C4=O)c(O)cc21. The van der Waals surface area contributed by atoms with E-state index in [9.17, 15) is 24.3 Å². The van der Waals surface area contributed by atoms with Gasteiger partial charge in [0.05, 0.1) is 30.5 Å². The van der Waals surface area contributed by atoms with Crippen molar-refractivity contribution < 1.29 is 29.0 Å². The van der Waals surface area contributed by atoms with Gasteiger partial charge in [-0.05, 0) is 12.1 Å². The fraction of sp³-hybridized carbons (Fsp3) is 0.185. The summed E-state index contributed by atoms with van der Waals surface area (Å²) in [6.07, 6.45) is 0.388. The molecule has 0 unspecified atom stereocenters. The minimum absolute atomic E-state index is 0.0458. The van der Waals surface area contributed by atoms with Crippen LogP contribution in [0.15, 0.2) is 64.8 Å². The van der Waals surface area contributed by atoms with E-state index < -0.39 is 0 Å². The Morgan fingerprint density at radius 3 is 2.36 bits per heavy atom. The molecule has 0 saturated carbocycles. The Hall–Kier alpha value is -4.66. The summed E-state index contributed by atoms with van der Waals surface area (Å²) >= 11 is 0. The number of ether oxygens (including phenoxy) is 1. The highest BCUT2D eigenvalue weighted by Gasteiger charge is 2.31. The van der Waals surface area contributed by atoms with E-state index in [0.29, 0.717) is 35.5 Å². The molecule has 2 aliphatic rings. The van der Waals surface area contributed by atoms with Gasteiger partial charge in [0.25, 0.3) is 0 Å². The van der Waals surface area contributed by atoms with Gasteiger partial charge in [0.1, 0.15) is 11.4 Å². The lowest BCUT2D eigenvalue weighted by Gasteiger charge is -2.30. The number of phenols is 1. The molecule has 3 aromatic carbocycles. The highest BCUT2D eigenvalue weighted by atomic mass is 16.5. The van der Waals surface area contributed by atoms with Crippen LogP contribution >= 0.6 is 0 Å². The van der Waals surface area contributed by atoms with E-state index in [1.165, 1.54) is 19.2 Å². The number of phenolic OH excluding ortho intramolecular Hbond substituents is 1. The Kier molecular flexibility index (Phi) is 5.89. The second-order valence-electron chi connectivity index (χ2n) is 8.45. The van der Waals surface area contributed by atoms with Gasteiger partial charge in [0.2, 0.25) is 0 Å². The van der Waals surface area contributed by atoms with Crippen molar-refractivity contribution in [3.8, 4) is 5.75 Å². The third-order valence-corrected chi connectivity index (χ3v) is 6.35. The van der Waals surface area contributed by atoms with Crippen molar-refractivity contribution in [2.75, 3.05) is 25.1 Å². The van der Waals surface area contributed by atoms with E-state index >= 15 is 0 Å². The maximum atomic E-state index is 13.2. The summed E-state index contributed by atoms with van der Waals surface area (Å²) in [6, 6.07) is 14.2. The summed E-state index contributed by atoms with van der Waals surface area (Å²) in [4.78, 5) is 52.1. The molecule has 0 atom stereocenters. The summed E-state index contributed by atoms with van der Waals surface area (Å²) in [5.41, 5.74) is 2.11.